The first kappa shape index (κ1) is 36.9. The fourth-order valence-corrected chi connectivity index (χ4v) is 6.74. The number of benzene rings is 4. The van der Waals surface area contributed by atoms with Gasteiger partial charge in [0.05, 0.1) is 0 Å². The summed E-state index contributed by atoms with van der Waals surface area (Å²) in [5, 5.41) is 0. The largest absolute Gasteiger partial charge is 0.647 e. The summed E-state index contributed by atoms with van der Waals surface area (Å²) in [5.41, 5.74) is 10.6. The van der Waals surface area contributed by atoms with E-state index < -0.39 is 7.82 Å². The van der Waals surface area contributed by atoms with Crippen LogP contribution in [0.5, 0.6) is 17.2 Å². The Kier molecular flexibility index (Phi) is 16.5. The molecule has 0 amide bonds. The van der Waals surface area contributed by atoms with E-state index in [4.69, 9.17) is 13.6 Å². The Hall–Kier alpha value is -3.53. The van der Waals surface area contributed by atoms with Crippen molar-refractivity contribution in [3.8, 4) is 17.2 Å². The average molecular weight is 644 g/mol. The lowest BCUT2D eigenvalue weighted by Gasteiger charge is -2.26. The van der Waals surface area contributed by atoms with Crippen LogP contribution in [-0.2, 0) is 30.2 Å². The van der Waals surface area contributed by atoms with Gasteiger partial charge < -0.3 is 19.3 Å². The van der Waals surface area contributed by atoms with Crippen LogP contribution >= 0.6 is 7.82 Å². The normalized spacial score (nSPS) is 11.0. The number of rotatable bonds is 18. The van der Waals surface area contributed by atoms with Crippen molar-refractivity contribution >= 4 is 13.5 Å². The quantitative estimate of drug-likeness (QED) is 0.0865. The van der Waals surface area contributed by atoms with Crippen LogP contribution in [0.2, 0.25) is 0 Å². The van der Waals surface area contributed by atoms with E-state index in [2.05, 4.69) is 39.5 Å². The van der Waals surface area contributed by atoms with Gasteiger partial charge in [0.2, 0.25) is 0 Å². The molecule has 4 aromatic carbocycles. The van der Waals surface area contributed by atoms with Crippen LogP contribution in [0.25, 0.3) is 0 Å². The van der Waals surface area contributed by atoms with E-state index in [1.54, 1.807) is 24.3 Å². The van der Waals surface area contributed by atoms with E-state index in [-0.39, 0.29) is 0 Å². The predicted molar refractivity (Wildman–Crippen MR) is 191 cm³/mol. The number of hydrogen-bond acceptors (Lipinski definition) is 4. The van der Waals surface area contributed by atoms with E-state index in [0.29, 0.717) is 17.2 Å². The maximum absolute atomic E-state index is 14.5. The van der Waals surface area contributed by atoms with Crippen LogP contribution in [0.15, 0.2) is 91.0 Å². The second kappa shape index (κ2) is 20.6. The Balaban J connectivity index is 0.000000858. The SMILES string of the molecule is CCCCc1c([NH3+])c(OP(=O)(Oc2ccccc2)Oc2ccccc2)c(CCCC)c(CCCC)c1CCCC.[c-]1ccccc1. The first-order valence-corrected chi connectivity index (χ1v) is 18.6. The van der Waals surface area contributed by atoms with Crippen LogP contribution in [0.3, 0.4) is 0 Å². The number of para-hydroxylation sites is 2. The van der Waals surface area contributed by atoms with Crippen LogP contribution in [-0.4, -0.2) is 0 Å². The van der Waals surface area contributed by atoms with Gasteiger partial charge in [0, 0.05) is 11.1 Å². The molecule has 0 unspecified atom stereocenters. The highest BCUT2D eigenvalue weighted by Gasteiger charge is 2.37. The van der Waals surface area contributed by atoms with Crippen LogP contribution in [0, 0.1) is 6.07 Å². The number of hydrogen-bond donors (Lipinski definition) is 1. The summed E-state index contributed by atoms with van der Waals surface area (Å²) in [4.78, 5) is 0. The van der Waals surface area contributed by atoms with E-state index in [9.17, 15) is 4.57 Å². The van der Waals surface area contributed by atoms with E-state index in [1.165, 1.54) is 16.7 Å². The first-order valence-electron chi connectivity index (χ1n) is 17.2. The topological polar surface area (TPSA) is 72.4 Å². The second-order valence-corrected chi connectivity index (χ2v) is 13.0. The Labute approximate surface area is 278 Å². The molecule has 0 heterocycles. The van der Waals surface area contributed by atoms with E-state index >= 15 is 0 Å². The molecule has 6 heteroatoms. The molecule has 0 saturated carbocycles. The molecule has 0 fully saturated rings. The summed E-state index contributed by atoms with van der Waals surface area (Å²) in [5.74, 6) is 1.44. The third-order valence-corrected chi connectivity index (χ3v) is 9.13. The van der Waals surface area contributed by atoms with Crippen molar-refractivity contribution in [3.05, 3.63) is 119 Å². The zero-order chi connectivity index (χ0) is 33.0. The van der Waals surface area contributed by atoms with Gasteiger partial charge in [-0.25, -0.2) is 0 Å². The molecule has 46 heavy (non-hydrogen) atoms. The van der Waals surface area contributed by atoms with Crippen LogP contribution in [0.4, 0.5) is 5.69 Å². The third kappa shape index (κ3) is 11.7. The minimum absolute atomic E-state index is 0.430. The fourth-order valence-electron chi connectivity index (χ4n) is 5.43. The maximum Gasteiger partial charge on any atom is 0.647 e. The van der Waals surface area contributed by atoms with Gasteiger partial charge in [-0.1, -0.05) is 89.8 Å². The van der Waals surface area contributed by atoms with Gasteiger partial charge in [-0.05, 0) is 86.8 Å². The van der Waals surface area contributed by atoms with Gasteiger partial charge in [0.15, 0.2) is 11.4 Å². The van der Waals surface area contributed by atoms with Crippen molar-refractivity contribution in [1.29, 1.82) is 0 Å². The van der Waals surface area contributed by atoms with Crippen molar-refractivity contribution in [2.45, 2.75) is 105 Å². The minimum atomic E-state index is -4.14. The molecular formula is C40H54NO4P. The molecule has 0 aliphatic carbocycles. The first-order chi connectivity index (χ1) is 22.5. The van der Waals surface area contributed by atoms with Gasteiger partial charge >= 0.3 is 7.82 Å². The van der Waals surface area contributed by atoms with E-state index in [1.807, 2.05) is 66.7 Å². The lowest BCUT2D eigenvalue weighted by atomic mass is 9.84. The van der Waals surface area contributed by atoms with Gasteiger partial charge in [-0.3, -0.25) is 0 Å². The van der Waals surface area contributed by atoms with Gasteiger partial charge in [0.25, 0.3) is 0 Å². The van der Waals surface area contributed by atoms with Crippen molar-refractivity contribution in [2.24, 2.45) is 0 Å². The van der Waals surface area contributed by atoms with Crippen molar-refractivity contribution in [2.75, 3.05) is 0 Å². The molecule has 5 nitrogen and oxygen atoms in total. The van der Waals surface area contributed by atoms with Crippen LogP contribution < -0.4 is 19.3 Å². The van der Waals surface area contributed by atoms with Gasteiger partial charge in [-0.2, -0.15) is 41.0 Å². The fraction of sp³-hybridized carbons (Fsp3) is 0.400. The van der Waals surface area contributed by atoms with Crippen LogP contribution in [0.1, 0.15) is 101 Å². The molecule has 0 aliphatic heterocycles. The summed E-state index contributed by atoms with van der Waals surface area (Å²) in [6, 6.07) is 30.7. The molecule has 248 valence electrons. The molecule has 0 saturated heterocycles. The average Bonchev–Trinajstić information content (AvgIpc) is 3.08. The number of phosphoric ester groups is 1. The van der Waals surface area contributed by atoms with Gasteiger partial charge in [0.1, 0.15) is 11.5 Å². The molecule has 0 aliphatic rings. The van der Waals surface area contributed by atoms with Crippen molar-refractivity contribution in [3.63, 3.8) is 0 Å². The molecular weight excluding hydrogens is 589 g/mol. The Morgan fingerprint density at radius 2 is 0.935 bits per heavy atom. The van der Waals surface area contributed by atoms with Gasteiger partial charge in [-0.15, -0.1) is 0 Å². The minimum Gasteiger partial charge on any atom is -0.386 e. The predicted octanol–water partition coefficient (Wildman–Crippen LogP) is 11.1. The Morgan fingerprint density at radius 3 is 1.33 bits per heavy atom. The molecule has 3 N–H and O–H groups in total. The molecule has 0 atom stereocenters. The molecule has 0 aromatic heterocycles. The maximum atomic E-state index is 14.5. The molecule has 4 aromatic rings. The molecule has 0 spiro atoms. The van der Waals surface area contributed by atoms with E-state index in [0.717, 1.165) is 88.3 Å². The highest BCUT2D eigenvalue weighted by Crippen LogP contribution is 2.53. The number of quaternary nitrogens is 1. The number of phosphoric acid groups is 1. The smallest absolute Gasteiger partial charge is 0.386 e. The van der Waals surface area contributed by atoms with Crippen molar-refractivity contribution < 1.29 is 23.9 Å². The molecule has 4 rings (SSSR count). The monoisotopic (exact) mass is 643 g/mol. The Morgan fingerprint density at radius 1 is 0.543 bits per heavy atom. The second-order valence-electron chi connectivity index (χ2n) is 11.6. The summed E-state index contributed by atoms with van der Waals surface area (Å²) < 4.78 is 33.1. The summed E-state index contributed by atoms with van der Waals surface area (Å²) in [7, 11) is -4.14. The lowest BCUT2D eigenvalue weighted by molar-refractivity contribution is -0.257. The summed E-state index contributed by atoms with van der Waals surface area (Å²) >= 11 is 0. The highest BCUT2D eigenvalue weighted by molar-refractivity contribution is 7.49. The number of unbranched alkanes of at least 4 members (excludes halogenated alkanes) is 4. The lowest BCUT2D eigenvalue weighted by Crippen LogP contribution is -2.43. The zero-order valence-corrected chi connectivity index (χ0v) is 29.3. The zero-order valence-electron chi connectivity index (χ0n) is 28.4. The molecule has 0 bridgehead atoms. The molecule has 0 radical (unpaired) electrons. The Bertz CT molecular complexity index is 1370. The summed E-state index contributed by atoms with van der Waals surface area (Å²) in [6.45, 7) is 8.90. The van der Waals surface area contributed by atoms with Crippen molar-refractivity contribution in [1.82, 2.24) is 0 Å². The highest BCUT2D eigenvalue weighted by atomic mass is 31.2. The standard InChI is InChI=1S/C34H48NO4P.C6H5/c1-5-9-23-29-30(24-10-6-2)32(26-12-8-4)34(33(35)31(29)25-11-7-3)39-40(36,37-27-19-15-13-16-20-27)38-28-21-17-14-18-22-28;1-2-4-6-5-3-1/h13-22H,5-12,23-26,35H2,1-4H3;1-5H/q;-1/p+1. The third-order valence-electron chi connectivity index (χ3n) is 7.86. The summed E-state index contributed by atoms with van der Waals surface area (Å²) in [6.07, 6.45) is 12.5.